The molecule has 0 atom stereocenters. The highest BCUT2D eigenvalue weighted by molar-refractivity contribution is 5.95. The van der Waals surface area contributed by atoms with Crippen molar-refractivity contribution in [2.45, 2.75) is 20.3 Å². The quantitative estimate of drug-likeness (QED) is 0.606. The van der Waals surface area contributed by atoms with Crippen LogP contribution >= 0.6 is 0 Å². The van der Waals surface area contributed by atoms with Gasteiger partial charge in [-0.25, -0.2) is 0 Å². The Labute approximate surface area is 67.0 Å². The molecule has 1 heterocycles. The van der Waals surface area contributed by atoms with E-state index in [-0.39, 0.29) is 5.91 Å². The van der Waals surface area contributed by atoms with Gasteiger partial charge in [0.25, 0.3) is 5.91 Å². The van der Waals surface area contributed by atoms with Gasteiger partial charge in [0, 0.05) is 17.7 Å². The molecule has 1 aliphatic heterocycles. The number of amides is 1. The van der Waals surface area contributed by atoms with Gasteiger partial charge in [-0.1, -0.05) is 26.5 Å². The van der Waals surface area contributed by atoms with Crippen molar-refractivity contribution >= 4 is 5.91 Å². The molecule has 2 heteroatoms. The highest BCUT2D eigenvalue weighted by Gasteiger charge is 2.16. The van der Waals surface area contributed by atoms with Gasteiger partial charge in [-0.15, -0.1) is 0 Å². The molecule has 0 aromatic carbocycles. The molecule has 0 aromatic heterocycles. The highest BCUT2D eigenvalue weighted by atomic mass is 16.1. The number of carbonyl (C=O) groups excluding carboxylic acids is 1. The first kappa shape index (κ1) is 8.05. The summed E-state index contributed by atoms with van der Waals surface area (Å²) < 4.78 is 0. The summed E-state index contributed by atoms with van der Waals surface area (Å²) in [6.07, 6.45) is 2.73. The van der Waals surface area contributed by atoms with E-state index in [1.807, 2.05) is 19.9 Å². The minimum absolute atomic E-state index is 0.0104. The van der Waals surface area contributed by atoms with Crippen LogP contribution in [0, 0.1) is 5.92 Å². The van der Waals surface area contributed by atoms with Crippen molar-refractivity contribution in [1.82, 2.24) is 5.32 Å². The lowest BCUT2D eigenvalue weighted by Crippen LogP contribution is -2.29. The molecule has 60 valence electrons. The zero-order valence-electron chi connectivity index (χ0n) is 6.98. The topological polar surface area (TPSA) is 29.1 Å². The Morgan fingerprint density at radius 1 is 1.64 bits per heavy atom. The Kier molecular flexibility index (Phi) is 2.13. The molecule has 0 saturated heterocycles. The van der Waals surface area contributed by atoms with Gasteiger partial charge in [-0.05, 0) is 5.92 Å². The van der Waals surface area contributed by atoms with Gasteiger partial charge in [0.15, 0.2) is 0 Å². The maximum atomic E-state index is 11.2. The van der Waals surface area contributed by atoms with Crippen molar-refractivity contribution in [1.29, 1.82) is 0 Å². The monoisotopic (exact) mass is 151 g/mol. The predicted octanol–water partition coefficient (Wildman–Crippen LogP) is 1.60. The van der Waals surface area contributed by atoms with Gasteiger partial charge in [0.2, 0.25) is 0 Å². The fourth-order valence-corrected chi connectivity index (χ4v) is 1.11. The van der Waals surface area contributed by atoms with Crippen LogP contribution in [0.25, 0.3) is 0 Å². The van der Waals surface area contributed by atoms with Crippen LogP contribution in [0.2, 0.25) is 0 Å². The fourth-order valence-electron chi connectivity index (χ4n) is 1.11. The Hall–Kier alpha value is -1.05. The number of hydrogen-bond donors (Lipinski definition) is 1. The van der Waals surface area contributed by atoms with Crippen LogP contribution in [0.4, 0.5) is 0 Å². The molecule has 0 saturated carbocycles. The second-order valence-electron chi connectivity index (χ2n) is 3.08. The molecular weight excluding hydrogens is 138 g/mol. The molecule has 1 rings (SSSR count). The van der Waals surface area contributed by atoms with Crippen molar-refractivity contribution < 1.29 is 4.79 Å². The van der Waals surface area contributed by atoms with Crippen LogP contribution in [0.15, 0.2) is 23.9 Å². The molecular formula is C9H13NO. The van der Waals surface area contributed by atoms with Gasteiger partial charge in [0.05, 0.1) is 0 Å². The molecule has 0 aromatic rings. The zero-order chi connectivity index (χ0) is 8.43. The van der Waals surface area contributed by atoms with Crippen LogP contribution in [-0.2, 0) is 4.79 Å². The van der Waals surface area contributed by atoms with E-state index in [2.05, 4.69) is 11.9 Å². The van der Waals surface area contributed by atoms with Gasteiger partial charge in [-0.2, -0.15) is 0 Å². The Morgan fingerprint density at radius 2 is 2.27 bits per heavy atom. The third-order valence-corrected chi connectivity index (χ3v) is 1.74. The van der Waals surface area contributed by atoms with Crippen LogP contribution in [0.5, 0.6) is 0 Å². The molecule has 1 amide bonds. The van der Waals surface area contributed by atoms with E-state index in [0.717, 1.165) is 17.7 Å². The van der Waals surface area contributed by atoms with E-state index in [1.165, 1.54) is 0 Å². The van der Waals surface area contributed by atoms with E-state index in [0.29, 0.717) is 5.92 Å². The van der Waals surface area contributed by atoms with Gasteiger partial charge in [-0.3, -0.25) is 4.79 Å². The van der Waals surface area contributed by atoms with Crippen molar-refractivity contribution in [2.24, 2.45) is 5.92 Å². The SMILES string of the molecule is C=C1CC=C(C(C)C)C(=O)N1. The summed E-state index contributed by atoms with van der Waals surface area (Å²) in [7, 11) is 0. The number of hydrogen-bond acceptors (Lipinski definition) is 1. The lowest BCUT2D eigenvalue weighted by atomic mass is 9.98. The van der Waals surface area contributed by atoms with Gasteiger partial charge >= 0.3 is 0 Å². The molecule has 2 nitrogen and oxygen atoms in total. The van der Waals surface area contributed by atoms with E-state index >= 15 is 0 Å². The molecule has 0 unspecified atom stereocenters. The third-order valence-electron chi connectivity index (χ3n) is 1.74. The summed E-state index contributed by atoms with van der Waals surface area (Å²) in [6, 6.07) is 0. The number of rotatable bonds is 1. The molecule has 0 spiro atoms. The summed E-state index contributed by atoms with van der Waals surface area (Å²) in [6.45, 7) is 7.71. The summed E-state index contributed by atoms with van der Waals surface area (Å²) in [5.74, 6) is 0.319. The van der Waals surface area contributed by atoms with Gasteiger partial charge in [0.1, 0.15) is 0 Å². The molecule has 1 N–H and O–H groups in total. The van der Waals surface area contributed by atoms with Crippen LogP contribution in [0.3, 0.4) is 0 Å². The fraction of sp³-hybridized carbons (Fsp3) is 0.444. The van der Waals surface area contributed by atoms with Crippen LogP contribution in [0.1, 0.15) is 20.3 Å². The summed E-state index contributed by atoms with van der Waals surface area (Å²) in [4.78, 5) is 11.2. The van der Waals surface area contributed by atoms with Crippen molar-refractivity contribution in [3.8, 4) is 0 Å². The van der Waals surface area contributed by atoms with Crippen molar-refractivity contribution in [3.63, 3.8) is 0 Å². The third kappa shape index (κ3) is 1.70. The summed E-state index contributed by atoms with van der Waals surface area (Å²) >= 11 is 0. The maximum Gasteiger partial charge on any atom is 0.251 e. The molecule has 0 fully saturated rings. The second kappa shape index (κ2) is 2.91. The summed E-state index contributed by atoms with van der Waals surface area (Å²) in [5.41, 5.74) is 1.66. The minimum atomic E-state index is 0.0104. The van der Waals surface area contributed by atoms with E-state index in [1.54, 1.807) is 0 Å². The lowest BCUT2D eigenvalue weighted by molar-refractivity contribution is -0.117. The van der Waals surface area contributed by atoms with E-state index in [4.69, 9.17) is 0 Å². The average molecular weight is 151 g/mol. The molecule has 0 bridgehead atoms. The zero-order valence-corrected chi connectivity index (χ0v) is 6.98. The van der Waals surface area contributed by atoms with E-state index < -0.39 is 0 Å². The second-order valence-corrected chi connectivity index (χ2v) is 3.08. The Morgan fingerprint density at radius 3 is 2.73 bits per heavy atom. The predicted molar refractivity (Wildman–Crippen MR) is 44.8 cm³/mol. The first-order valence-electron chi connectivity index (χ1n) is 3.80. The standard InChI is InChI=1S/C9H13NO/c1-6(2)8-5-4-7(3)10-9(8)11/h5-6H,3-4H2,1-2H3,(H,10,11). The lowest BCUT2D eigenvalue weighted by Gasteiger charge is -2.17. The maximum absolute atomic E-state index is 11.2. The van der Waals surface area contributed by atoms with Gasteiger partial charge < -0.3 is 5.32 Å². The smallest absolute Gasteiger partial charge is 0.251 e. The largest absolute Gasteiger partial charge is 0.326 e. The van der Waals surface area contributed by atoms with Crippen LogP contribution in [-0.4, -0.2) is 5.91 Å². The average Bonchev–Trinajstić information content (AvgIpc) is 1.85. The van der Waals surface area contributed by atoms with E-state index in [9.17, 15) is 4.79 Å². The normalized spacial score (nSPS) is 18.3. The molecule has 0 radical (unpaired) electrons. The van der Waals surface area contributed by atoms with Crippen molar-refractivity contribution in [2.75, 3.05) is 0 Å². The molecule has 0 aliphatic carbocycles. The number of carbonyl (C=O) groups is 1. The Bertz CT molecular complexity index is 226. The number of nitrogens with one attached hydrogen (secondary N) is 1. The minimum Gasteiger partial charge on any atom is -0.326 e. The van der Waals surface area contributed by atoms with Crippen molar-refractivity contribution in [3.05, 3.63) is 23.9 Å². The van der Waals surface area contributed by atoms with Crippen LogP contribution < -0.4 is 5.32 Å². The molecule has 11 heavy (non-hydrogen) atoms. The highest BCUT2D eigenvalue weighted by Crippen LogP contribution is 2.16. The summed E-state index contributed by atoms with van der Waals surface area (Å²) in [5, 5.41) is 2.71. The molecule has 1 aliphatic rings. The Balaban J connectivity index is 2.81. The first-order chi connectivity index (χ1) is 5.11. The first-order valence-corrected chi connectivity index (χ1v) is 3.80. The number of allylic oxidation sites excluding steroid dienone is 1.